The van der Waals surface area contributed by atoms with Crippen LogP contribution in [0.1, 0.15) is 6.92 Å². The molecule has 0 bridgehead atoms. The van der Waals surface area contributed by atoms with Crippen LogP contribution in [0.2, 0.25) is 0 Å². The molecule has 0 aliphatic heterocycles. The van der Waals surface area contributed by atoms with Gasteiger partial charge in [0, 0.05) is 0 Å². The summed E-state index contributed by atoms with van der Waals surface area (Å²) in [7, 11) is 0. The Morgan fingerprint density at radius 2 is 1.95 bits per heavy atom. The first-order valence-corrected chi connectivity index (χ1v) is 5.50. The second kappa shape index (κ2) is 6.69. The van der Waals surface area contributed by atoms with Crippen LogP contribution in [0.3, 0.4) is 0 Å². The molecule has 0 aliphatic rings. The molecular weight excluding hydrogens is 257 g/mol. The summed E-state index contributed by atoms with van der Waals surface area (Å²) in [4.78, 5) is 22.2. The summed E-state index contributed by atoms with van der Waals surface area (Å²) in [5.41, 5.74) is 0. The lowest BCUT2D eigenvalue weighted by molar-refractivity contribution is -0.144. The molecule has 2 atom stereocenters. The smallest absolute Gasteiger partial charge is 0.328 e. The number of aliphatic hydroxyl groups is 1. The first-order chi connectivity index (χ1) is 8.93. The van der Waals surface area contributed by atoms with Crippen LogP contribution in [0.25, 0.3) is 0 Å². The maximum Gasteiger partial charge on any atom is 0.328 e. The van der Waals surface area contributed by atoms with Crippen molar-refractivity contribution in [1.82, 2.24) is 5.32 Å². The van der Waals surface area contributed by atoms with Gasteiger partial charge < -0.3 is 20.3 Å². The fourth-order valence-corrected chi connectivity index (χ4v) is 1.25. The second-order valence-electron chi connectivity index (χ2n) is 3.80. The number of nitrogens with one attached hydrogen (secondary N) is 1. The Labute approximate surface area is 108 Å². The van der Waals surface area contributed by atoms with Gasteiger partial charge in [0.2, 0.25) is 0 Å². The SMILES string of the molecule is CC(Oc1ccc(F)cc1)C(=O)N[C@H](CO)C(=O)O. The van der Waals surface area contributed by atoms with Gasteiger partial charge in [-0.15, -0.1) is 0 Å². The van der Waals surface area contributed by atoms with Gasteiger partial charge in [-0.05, 0) is 31.2 Å². The molecule has 0 radical (unpaired) electrons. The number of aliphatic hydroxyl groups excluding tert-OH is 1. The van der Waals surface area contributed by atoms with E-state index in [0.29, 0.717) is 0 Å². The van der Waals surface area contributed by atoms with Crippen molar-refractivity contribution in [2.45, 2.75) is 19.1 Å². The number of rotatable bonds is 6. The monoisotopic (exact) mass is 271 g/mol. The lowest BCUT2D eigenvalue weighted by Crippen LogP contribution is -2.48. The minimum absolute atomic E-state index is 0.278. The Morgan fingerprint density at radius 1 is 1.37 bits per heavy atom. The Hall–Kier alpha value is -2.15. The van der Waals surface area contributed by atoms with Gasteiger partial charge in [-0.1, -0.05) is 0 Å². The van der Waals surface area contributed by atoms with Crippen LogP contribution in [0.15, 0.2) is 24.3 Å². The molecule has 104 valence electrons. The molecule has 0 fully saturated rings. The van der Waals surface area contributed by atoms with Crippen molar-refractivity contribution in [2.75, 3.05) is 6.61 Å². The molecule has 1 aromatic rings. The topological polar surface area (TPSA) is 95.9 Å². The molecule has 1 amide bonds. The van der Waals surface area contributed by atoms with Crippen LogP contribution in [-0.4, -0.2) is 40.8 Å². The zero-order valence-electron chi connectivity index (χ0n) is 10.2. The van der Waals surface area contributed by atoms with Crippen LogP contribution in [0.5, 0.6) is 5.75 Å². The molecule has 19 heavy (non-hydrogen) atoms. The standard InChI is InChI=1S/C12H14FNO5/c1-7(11(16)14-10(6-15)12(17)18)19-9-4-2-8(13)3-5-9/h2-5,7,10,15H,6H2,1H3,(H,14,16)(H,17,18)/t7?,10-/m1/s1. The predicted molar refractivity (Wildman–Crippen MR) is 63.1 cm³/mol. The Bertz CT molecular complexity index is 448. The van der Waals surface area contributed by atoms with Crippen molar-refractivity contribution >= 4 is 11.9 Å². The highest BCUT2D eigenvalue weighted by atomic mass is 19.1. The Kier molecular flexibility index (Phi) is 5.25. The van der Waals surface area contributed by atoms with Gasteiger partial charge in [0.25, 0.3) is 5.91 Å². The molecule has 1 aromatic carbocycles. The first kappa shape index (κ1) is 14.9. The summed E-state index contributed by atoms with van der Waals surface area (Å²) < 4.78 is 17.9. The van der Waals surface area contributed by atoms with Gasteiger partial charge in [-0.25, -0.2) is 9.18 Å². The van der Waals surface area contributed by atoms with Gasteiger partial charge in [-0.2, -0.15) is 0 Å². The summed E-state index contributed by atoms with van der Waals surface area (Å²) in [6, 6.07) is 3.66. The fourth-order valence-electron chi connectivity index (χ4n) is 1.25. The zero-order chi connectivity index (χ0) is 14.4. The number of aliphatic carboxylic acids is 1. The van der Waals surface area contributed by atoms with E-state index in [2.05, 4.69) is 5.32 Å². The summed E-state index contributed by atoms with van der Waals surface area (Å²) in [6.07, 6.45) is -0.973. The van der Waals surface area contributed by atoms with E-state index in [0.717, 1.165) is 0 Å². The lowest BCUT2D eigenvalue weighted by Gasteiger charge is -2.17. The van der Waals surface area contributed by atoms with Crippen LogP contribution in [-0.2, 0) is 9.59 Å². The number of carboxylic acids is 1. The van der Waals surface area contributed by atoms with Crippen LogP contribution in [0, 0.1) is 5.82 Å². The predicted octanol–water partition coefficient (Wildman–Crippen LogP) is 0.155. The number of carboxylic acid groups (broad SMARTS) is 1. The lowest BCUT2D eigenvalue weighted by atomic mass is 10.2. The molecule has 3 N–H and O–H groups in total. The van der Waals surface area contributed by atoms with Crippen LogP contribution >= 0.6 is 0 Å². The van der Waals surface area contributed by atoms with Crippen molar-refractivity contribution in [3.05, 3.63) is 30.1 Å². The van der Waals surface area contributed by atoms with Gasteiger partial charge >= 0.3 is 5.97 Å². The summed E-state index contributed by atoms with van der Waals surface area (Å²) in [6.45, 7) is 0.694. The van der Waals surface area contributed by atoms with Gasteiger partial charge in [-0.3, -0.25) is 4.79 Å². The van der Waals surface area contributed by atoms with Gasteiger partial charge in [0.1, 0.15) is 17.6 Å². The molecule has 1 unspecified atom stereocenters. The van der Waals surface area contributed by atoms with Crippen molar-refractivity contribution in [1.29, 1.82) is 0 Å². The number of benzene rings is 1. The third-order valence-electron chi connectivity index (χ3n) is 2.29. The quantitative estimate of drug-likeness (QED) is 0.684. The highest BCUT2D eigenvalue weighted by Gasteiger charge is 2.23. The minimum Gasteiger partial charge on any atom is -0.481 e. The van der Waals surface area contributed by atoms with E-state index in [-0.39, 0.29) is 5.75 Å². The summed E-state index contributed by atoms with van der Waals surface area (Å²) >= 11 is 0. The number of amides is 1. The first-order valence-electron chi connectivity index (χ1n) is 5.50. The highest BCUT2D eigenvalue weighted by molar-refractivity contribution is 5.86. The van der Waals surface area contributed by atoms with E-state index in [1.807, 2.05) is 0 Å². The van der Waals surface area contributed by atoms with Crippen LogP contribution in [0.4, 0.5) is 4.39 Å². The maximum absolute atomic E-state index is 12.7. The fraction of sp³-hybridized carbons (Fsp3) is 0.333. The normalized spacial score (nSPS) is 13.4. The van der Waals surface area contributed by atoms with Crippen molar-refractivity contribution in [3.63, 3.8) is 0 Å². The number of hydrogen-bond donors (Lipinski definition) is 3. The van der Waals surface area contributed by atoms with Crippen molar-refractivity contribution in [3.8, 4) is 5.75 Å². The van der Waals surface area contributed by atoms with E-state index in [4.69, 9.17) is 14.9 Å². The van der Waals surface area contributed by atoms with Crippen LogP contribution < -0.4 is 10.1 Å². The minimum atomic E-state index is -1.38. The number of carbonyl (C=O) groups excluding carboxylic acids is 1. The molecule has 7 heteroatoms. The summed E-state index contributed by atoms with van der Waals surface area (Å²) in [5.74, 6) is -2.19. The molecular formula is C12H14FNO5. The molecule has 1 rings (SSSR count). The Morgan fingerprint density at radius 3 is 2.42 bits per heavy atom. The molecule has 0 saturated carbocycles. The Balaban J connectivity index is 2.57. The zero-order valence-corrected chi connectivity index (χ0v) is 10.2. The largest absolute Gasteiger partial charge is 0.481 e. The maximum atomic E-state index is 12.7. The third kappa shape index (κ3) is 4.55. The average molecular weight is 271 g/mol. The average Bonchev–Trinajstić information content (AvgIpc) is 2.37. The van der Waals surface area contributed by atoms with Crippen molar-refractivity contribution in [2.24, 2.45) is 0 Å². The molecule has 0 spiro atoms. The number of hydrogen-bond acceptors (Lipinski definition) is 4. The van der Waals surface area contributed by atoms with E-state index in [1.54, 1.807) is 0 Å². The molecule has 0 aromatic heterocycles. The number of ether oxygens (including phenoxy) is 1. The second-order valence-corrected chi connectivity index (χ2v) is 3.80. The summed E-state index contributed by atoms with van der Waals surface area (Å²) in [5, 5.41) is 19.5. The van der Waals surface area contributed by atoms with Gasteiger partial charge in [0.15, 0.2) is 6.10 Å². The van der Waals surface area contributed by atoms with E-state index in [9.17, 15) is 14.0 Å². The molecule has 0 saturated heterocycles. The molecule has 6 nitrogen and oxygen atoms in total. The molecule has 0 heterocycles. The number of halogens is 1. The van der Waals surface area contributed by atoms with Gasteiger partial charge in [0.05, 0.1) is 6.61 Å². The highest BCUT2D eigenvalue weighted by Crippen LogP contribution is 2.13. The molecule has 0 aliphatic carbocycles. The third-order valence-corrected chi connectivity index (χ3v) is 2.29. The van der Waals surface area contributed by atoms with E-state index in [1.165, 1.54) is 31.2 Å². The van der Waals surface area contributed by atoms with Crippen molar-refractivity contribution < 1.29 is 28.9 Å². The van der Waals surface area contributed by atoms with E-state index >= 15 is 0 Å². The number of carbonyl (C=O) groups is 2. The van der Waals surface area contributed by atoms with E-state index < -0.39 is 36.4 Å².